The van der Waals surface area contributed by atoms with Gasteiger partial charge < -0.3 is 5.32 Å². The van der Waals surface area contributed by atoms with Gasteiger partial charge in [0.25, 0.3) is 0 Å². The minimum absolute atomic E-state index is 0.784. The predicted octanol–water partition coefficient (Wildman–Crippen LogP) is 5.45. The van der Waals surface area contributed by atoms with E-state index in [1.807, 2.05) is 6.07 Å². The van der Waals surface area contributed by atoms with Crippen molar-refractivity contribution in [2.24, 2.45) is 11.8 Å². The van der Waals surface area contributed by atoms with Crippen LogP contribution in [-0.4, -0.2) is 13.1 Å². The van der Waals surface area contributed by atoms with Crippen LogP contribution in [0.3, 0.4) is 0 Å². The van der Waals surface area contributed by atoms with E-state index in [1.165, 1.54) is 44.2 Å². The fourth-order valence-electron chi connectivity index (χ4n) is 3.26. The summed E-state index contributed by atoms with van der Waals surface area (Å²) in [6.45, 7) is 4.54. The Bertz CT molecular complexity index is 421. The highest BCUT2D eigenvalue weighted by atomic mass is 79.9. The first-order valence-corrected chi connectivity index (χ1v) is 9.02. The highest BCUT2D eigenvalue weighted by Crippen LogP contribution is 2.34. The van der Waals surface area contributed by atoms with Gasteiger partial charge in [0.1, 0.15) is 0 Å². The Morgan fingerprint density at radius 3 is 2.70 bits per heavy atom. The molecule has 1 fully saturated rings. The van der Waals surface area contributed by atoms with E-state index in [9.17, 15) is 0 Å². The van der Waals surface area contributed by atoms with E-state index >= 15 is 0 Å². The monoisotopic (exact) mass is 357 g/mol. The van der Waals surface area contributed by atoms with Crippen LogP contribution in [0.5, 0.6) is 0 Å². The molecule has 0 aliphatic heterocycles. The van der Waals surface area contributed by atoms with Crippen molar-refractivity contribution in [2.75, 3.05) is 13.1 Å². The average molecular weight is 359 g/mol. The number of halogens is 2. The first-order valence-electron chi connectivity index (χ1n) is 7.85. The number of benzene rings is 1. The summed E-state index contributed by atoms with van der Waals surface area (Å²) in [5.41, 5.74) is 1.31. The molecule has 112 valence electrons. The maximum atomic E-state index is 6.38. The normalized spacial score (nSPS) is 22.9. The first-order chi connectivity index (χ1) is 9.70. The van der Waals surface area contributed by atoms with Gasteiger partial charge in [-0.1, -0.05) is 53.4 Å². The largest absolute Gasteiger partial charge is 0.316 e. The summed E-state index contributed by atoms with van der Waals surface area (Å²) in [6, 6.07) is 6.30. The summed E-state index contributed by atoms with van der Waals surface area (Å²) >= 11 is 9.86. The van der Waals surface area contributed by atoms with Crippen molar-refractivity contribution in [3.8, 4) is 0 Å². The zero-order valence-corrected chi connectivity index (χ0v) is 14.6. The van der Waals surface area contributed by atoms with E-state index in [-0.39, 0.29) is 0 Å². The molecule has 1 aliphatic carbocycles. The van der Waals surface area contributed by atoms with E-state index in [2.05, 4.69) is 40.3 Å². The quantitative estimate of drug-likeness (QED) is 0.667. The Morgan fingerprint density at radius 1 is 1.25 bits per heavy atom. The minimum atomic E-state index is 0.784. The molecule has 0 saturated heterocycles. The van der Waals surface area contributed by atoms with Crippen LogP contribution in [-0.2, 0) is 6.42 Å². The zero-order valence-electron chi connectivity index (χ0n) is 12.3. The van der Waals surface area contributed by atoms with Crippen LogP contribution in [0.1, 0.15) is 44.6 Å². The van der Waals surface area contributed by atoms with Crippen molar-refractivity contribution in [1.82, 2.24) is 5.32 Å². The van der Waals surface area contributed by atoms with Crippen LogP contribution in [0.2, 0.25) is 5.02 Å². The van der Waals surface area contributed by atoms with Gasteiger partial charge in [0.15, 0.2) is 0 Å². The molecule has 0 aromatic heterocycles. The molecule has 2 unspecified atom stereocenters. The average Bonchev–Trinajstić information content (AvgIpc) is 2.44. The van der Waals surface area contributed by atoms with Gasteiger partial charge in [0.05, 0.1) is 0 Å². The molecule has 20 heavy (non-hydrogen) atoms. The van der Waals surface area contributed by atoms with Crippen LogP contribution in [0.25, 0.3) is 0 Å². The summed E-state index contributed by atoms with van der Waals surface area (Å²) in [5.74, 6) is 1.60. The van der Waals surface area contributed by atoms with Gasteiger partial charge in [-0.05, 0) is 68.3 Å². The molecular weight excluding hydrogens is 334 g/mol. The van der Waals surface area contributed by atoms with Gasteiger partial charge in [0, 0.05) is 9.50 Å². The van der Waals surface area contributed by atoms with E-state index in [1.54, 1.807) is 0 Å². The maximum absolute atomic E-state index is 6.38. The summed E-state index contributed by atoms with van der Waals surface area (Å²) in [4.78, 5) is 0. The van der Waals surface area contributed by atoms with Gasteiger partial charge >= 0.3 is 0 Å². The Morgan fingerprint density at radius 2 is 2.00 bits per heavy atom. The van der Waals surface area contributed by atoms with Crippen molar-refractivity contribution in [1.29, 1.82) is 0 Å². The molecule has 0 heterocycles. The van der Waals surface area contributed by atoms with Crippen molar-refractivity contribution in [3.63, 3.8) is 0 Å². The molecule has 0 spiro atoms. The van der Waals surface area contributed by atoms with Crippen LogP contribution in [0, 0.1) is 11.8 Å². The minimum Gasteiger partial charge on any atom is -0.316 e. The van der Waals surface area contributed by atoms with E-state index in [4.69, 9.17) is 11.6 Å². The second-order valence-electron chi connectivity index (χ2n) is 5.95. The van der Waals surface area contributed by atoms with Gasteiger partial charge in [-0.3, -0.25) is 0 Å². The fourth-order valence-corrected chi connectivity index (χ4v) is 4.01. The van der Waals surface area contributed by atoms with Gasteiger partial charge in [-0.2, -0.15) is 0 Å². The molecule has 1 aromatic carbocycles. The molecule has 0 radical (unpaired) electrons. The number of rotatable bonds is 6. The van der Waals surface area contributed by atoms with Gasteiger partial charge in [0.2, 0.25) is 0 Å². The highest BCUT2D eigenvalue weighted by Gasteiger charge is 2.25. The van der Waals surface area contributed by atoms with Crippen molar-refractivity contribution >= 4 is 27.5 Å². The molecule has 0 bridgehead atoms. The lowest BCUT2D eigenvalue weighted by Gasteiger charge is -2.32. The number of hydrogen-bond donors (Lipinski definition) is 1. The first kappa shape index (κ1) is 16.3. The van der Waals surface area contributed by atoms with Gasteiger partial charge in [-0.15, -0.1) is 0 Å². The van der Waals surface area contributed by atoms with Crippen molar-refractivity contribution < 1.29 is 0 Å². The maximum Gasteiger partial charge on any atom is 0.0449 e. The summed E-state index contributed by atoms with van der Waals surface area (Å²) in [7, 11) is 0. The van der Waals surface area contributed by atoms with E-state index in [0.29, 0.717) is 0 Å². The standard InChI is InChI=1S/C17H25BrClN/c1-2-9-20-12-15-6-4-3-5-13(15)10-14-7-8-16(18)11-17(14)19/h7-8,11,13,15,20H,2-6,9-10,12H2,1H3. The second-order valence-corrected chi connectivity index (χ2v) is 7.27. The topological polar surface area (TPSA) is 12.0 Å². The Kier molecular flexibility index (Phi) is 6.86. The third-order valence-electron chi connectivity index (χ3n) is 4.40. The fraction of sp³-hybridized carbons (Fsp3) is 0.647. The van der Waals surface area contributed by atoms with Crippen molar-refractivity contribution in [2.45, 2.75) is 45.4 Å². The Labute approximate surface area is 136 Å². The van der Waals surface area contributed by atoms with Crippen molar-refractivity contribution in [3.05, 3.63) is 33.3 Å². The van der Waals surface area contributed by atoms with E-state index < -0.39 is 0 Å². The predicted molar refractivity (Wildman–Crippen MR) is 91.5 cm³/mol. The third kappa shape index (κ3) is 4.75. The summed E-state index contributed by atoms with van der Waals surface area (Å²) in [6.07, 6.45) is 7.84. The molecule has 3 heteroatoms. The zero-order chi connectivity index (χ0) is 14.4. The van der Waals surface area contributed by atoms with Crippen LogP contribution < -0.4 is 5.32 Å². The molecule has 2 atom stereocenters. The van der Waals surface area contributed by atoms with E-state index in [0.717, 1.165) is 34.3 Å². The number of hydrogen-bond acceptors (Lipinski definition) is 1. The lowest BCUT2D eigenvalue weighted by Crippen LogP contribution is -2.32. The molecule has 1 aliphatic rings. The SMILES string of the molecule is CCCNCC1CCCCC1Cc1ccc(Br)cc1Cl. The Balaban J connectivity index is 1.97. The molecule has 2 rings (SSSR count). The van der Waals surface area contributed by atoms with Crippen LogP contribution in [0.15, 0.2) is 22.7 Å². The highest BCUT2D eigenvalue weighted by molar-refractivity contribution is 9.10. The summed E-state index contributed by atoms with van der Waals surface area (Å²) < 4.78 is 1.07. The molecule has 1 aromatic rings. The van der Waals surface area contributed by atoms with Crippen LogP contribution >= 0.6 is 27.5 Å². The lowest BCUT2D eigenvalue weighted by atomic mass is 9.76. The molecular formula is C17H25BrClN. The van der Waals surface area contributed by atoms with Gasteiger partial charge in [-0.25, -0.2) is 0 Å². The molecule has 1 N–H and O–H groups in total. The molecule has 1 saturated carbocycles. The smallest absolute Gasteiger partial charge is 0.0449 e. The Hall–Kier alpha value is -0.0500. The third-order valence-corrected chi connectivity index (χ3v) is 5.24. The summed E-state index contributed by atoms with van der Waals surface area (Å²) in [5, 5.41) is 4.51. The second kappa shape index (κ2) is 8.41. The lowest BCUT2D eigenvalue weighted by molar-refractivity contribution is 0.229. The molecule has 1 nitrogen and oxygen atoms in total. The number of nitrogens with one attached hydrogen (secondary N) is 1. The van der Waals surface area contributed by atoms with Crippen LogP contribution in [0.4, 0.5) is 0 Å². The molecule has 0 amide bonds.